The molecule has 0 radical (unpaired) electrons. The first kappa shape index (κ1) is 19.3. The molecule has 0 aromatic heterocycles. The Morgan fingerprint density at radius 1 is 1.48 bits per heavy atom. The van der Waals surface area contributed by atoms with Crippen molar-refractivity contribution in [2.75, 3.05) is 7.11 Å². The van der Waals surface area contributed by atoms with E-state index < -0.39 is 0 Å². The van der Waals surface area contributed by atoms with Gasteiger partial charge in [-0.1, -0.05) is 55.0 Å². The summed E-state index contributed by atoms with van der Waals surface area (Å²) in [6.07, 6.45) is 16.0. The van der Waals surface area contributed by atoms with Gasteiger partial charge in [0.1, 0.15) is 11.9 Å². The average Bonchev–Trinajstić information content (AvgIpc) is 2.55. The first-order chi connectivity index (χ1) is 11.0. The van der Waals surface area contributed by atoms with Gasteiger partial charge in [0, 0.05) is 12.0 Å². The summed E-state index contributed by atoms with van der Waals surface area (Å²) >= 11 is 5.60. The SMILES string of the molecule is COC1=CC(=O)OC(CCC=CC=CC(C)C=CC(C)=CCl)C1. The lowest BCUT2D eigenvalue weighted by Crippen LogP contribution is -2.23. The zero-order chi connectivity index (χ0) is 17.1. The molecular formula is C19H25ClO3. The minimum Gasteiger partial charge on any atom is -0.501 e. The van der Waals surface area contributed by atoms with E-state index in [0.29, 0.717) is 18.1 Å². The molecule has 126 valence electrons. The fraction of sp³-hybridized carbons (Fsp3) is 0.421. The zero-order valence-electron chi connectivity index (χ0n) is 14.0. The summed E-state index contributed by atoms with van der Waals surface area (Å²) in [4.78, 5) is 11.4. The monoisotopic (exact) mass is 336 g/mol. The Morgan fingerprint density at radius 2 is 2.26 bits per heavy atom. The first-order valence-corrected chi connectivity index (χ1v) is 8.22. The van der Waals surface area contributed by atoms with Gasteiger partial charge in [-0.25, -0.2) is 4.79 Å². The van der Waals surface area contributed by atoms with Gasteiger partial charge < -0.3 is 9.47 Å². The van der Waals surface area contributed by atoms with E-state index in [4.69, 9.17) is 21.1 Å². The summed E-state index contributed by atoms with van der Waals surface area (Å²) in [6, 6.07) is 0. The highest BCUT2D eigenvalue weighted by Crippen LogP contribution is 2.19. The Labute approximate surface area is 144 Å². The van der Waals surface area contributed by atoms with Crippen LogP contribution in [-0.4, -0.2) is 19.2 Å². The van der Waals surface area contributed by atoms with E-state index in [1.54, 1.807) is 12.6 Å². The molecule has 0 spiro atoms. The predicted molar refractivity (Wildman–Crippen MR) is 95.0 cm³/mol. The van der Waals surface area contributed by atoms with Crippen molar-refractivity contribution in [1.29, 1.82) is 0 Å². The third kappa shape index (κ3) is 8.46. The summed E-state index contributed by atoms with van der Waals surface area (Å²) in [5.41, 5.74) is 2.60. The fourth-order valence-electron chi connectivity index (χ4n) is 2.06. The van der Waals surface area contributed by atoms with E-state index >= 15 is 0 Å². The quantitative estimate of drug-likeness (QED) is 0.459. The Bertz CT molecular complexity index is 527. The normalized spacial score (nSPS) is 21.0. The van der Waals surface area contributed by atoms with Gasteiger partial charge in [0.15, 0.2) is 0 Å². The van der Waals surface area contributed by atoms with Gasteiger partial charge in [-0.15, -0.1) is 0 Å². The third-order valence-electron chi connectivity index (χ3n) is 3.40. The Morgan fingerprint density at radius 3 is 2.96 bits per heavy atom. The predicted octanol–water partition coefficient (Wildman–Crippen LogP) is 5.06. The van der Waals surface area contributed by atoms with Crippen LogP contribution in [0.2, 0.25) is 0 Å². The molecule has 0 fully saturated rings. The van der Waals surface area contributed by atoms with Crippen molar-refractivity contribution in [3.63, 3.8) is 0 Å². The van der Waals surface area contributed by atoms with Gasteiger partial charge >= 0.3 is 5.97 Å². The van der Waals surface area contributed by atoms with Crippen LogP contribution in [0.4, 0.5) is 0 Å². The van der Waals surface area contributed by atoms with Gasteiger partial charge in [0.25, 0.3) is 0 Å². The largest absolute Gasteiger partial charge is 0.501 e. The van der Waals surface area contributed by atoms with Crippen LogP contribution in [-0.2, 0) is 14.3 Å². The van der Waals surface area contributed by atoms with Crippen LogP contribution in [0.1, 0.15) is 33.1 Å². The number of halogens is 1. The van der Waals surface area contributed by atoms with Crippen LogP contribution >= 0.6 is 11.6 Å². The maximum absolute atomic E-state index is 11.4. The number of carbonyl (C=O) groups excluding carboxylic acids is 1. The standard InChI is InChI=1S/C19H25ClO3/c1-15(10-11-16(2)14-20)8-6-4-5-7-9-17-12-18(22-3)13-19(21)23-17/h4-6,8,10-11,13-15,17H,7,9,12H2,1-3H3. The maximum atomic E-state index is 11.4. The van der Waals surface area contributed by atoms with Crippen molar-refractivity contribution < 1.29 is 14.3 Å². The molecule has 1 heterocycles. The summed E-state index contributed by atoms with van der Waals surface area (Å²) in [7, 11) is 1.58. The number of esters is 1. The average molecular weight is 337 g/mol. The molecule has 0 aromatic carbocycles. The lowest BCUT2D eigenvalue weighted by atomic mass is 10.1. The third-order valence-corrected chi connectivity index (χ3v) is 3.75. The van der Waals surface area contributed by atoms with E-state index in [9.17, 15) is 4.79 Å². The second-order valence-electron chi connectivity index (χ2n) is 5.54. The smallest absolute Gasteiger partial charge is 0.334 e. The van der Waals surface area contributed by atoms with Gasteiger partial charge in [-0.05, 0) is 31.3 Å². The van der Waals surface area contributed by atoms with E-state index in [1.165, 1.54) is 6.08 Å². The van der Waals surface area contributed by atoms with Gasteiger partial charge in [0.2, 0.25) is 0 Å². The number of rotatable bonds is 8. The summed E-state index contributed by atoms with van der Waals surface area (Å²) in [5.74, 6) is 0.723. The Hall–Kier alpha value is -1.74. The molecule has 2 atom stereocenters. The minimum absolute atomic E-state index is 0.0942. The molecule has 3 nitrogen and oxygen atoms in total. The number of carbonyl (C=O) groups is 1. The molecule has 2 unspecified atom stereocenters. The highest BCUT2D eigenvalue weighted by atomic mass is 35.5. The van der Waals surface area contributed by atoms with Crippen molar-refractivity contribution in [2.45, 2.75) is 39.2 Å². The van der Waals surface area contributed by atoms with Gasteiger partial charge in [-0.2, -0.15) is 0 Å². The minimum atomic E-state index is -0.316. The summed E-state index contributed by atoms with van der Waals surface area (Å²) < 4.78 is 10.4. The van der Waals surface area contributed by atoms with Crippen LogP contribution in [0.25, 0.3) is 0 Å². The number of methoxy groups -OCH3 is 1. The number of allylic oxidation sites excluding steroid dienone is 7. The second kappa shape index (κ2) is 10.9. The molecule has 0 amide bonds. The number of cyclic esters (lactones) is 1. The Kier molecular flexibility index (Phi) is 9.15. The van der Waals surface area contributed by atoms with Gasteiger partial charge in [0.05, 0.1) is 13.2 Å². The number of hydrogen-bond donors (Lipinski definition) is 0. The van der Waals surface area contributed by atoms with Crippen LogP contribution in [0.5, 0.6) is 0 Å². The summed E-state index contributed by atoms with van der Waals surface area (Å²) in [5, 5.41) is 0. The van der Waals surface area contributed by atoms with Crippen LogP contribution in [0.15, 0.2) is 59.4 Å². The molecule has 0 aliphatic carbocycles. The molecule has 4 heteroatoms. The lowest BCUT2D eigenvalue weighted by molar-refractivity contribution is -0.145. The topological polar surface area (TPSA) is 35.5 Å². The Balaban J connectivity index is 2.29. The van der Waals surface area contributed by atoms with Crippen molar-refractivity contribution >= 4 is 17.6 Å². The highest BCUT2D eigenvalue weighted by molar-refractivity contribution is 6.25. The number of ether oxygens (including phenoxy) is 2. The van der Waals surface area contributed by atoms with Crippen molar-refractivity contribution in [2.24, 2.45) is 5.92 Å². The molecule has 0 bridgehead atoms. The molecule has 1 aliphatic heterocycles. The molecule has 1 rings (SSSR count). The molecule has 0 saturated carbocycles. The molecule has 0 N–H and O–H groups in total. The molecule has 0 saturated heterocycles. The summed E-state index contributed by atoms with van der Waals surface area (Å²) in [6.45, 7) is 4.07. The lowest BCUT2D eigenvalue weighted by Gasteiger charge is -2.21. The van der Waals surface area contributed by atoms with Crippen LogP contribution in [0.3, 0.4) is 0 Å². The zero-order valence-corrected chi connectivity index (χ0v) is 14.8. The number of hydrogen-bond acceptors (Lipinski definition) is 3. The van der Waals surface area contributed by atoms with E-state index in [2.05, 4.69) is 25.2 Å². The highest BCUT2D eigenvalue weighted by Gasteiger charge is 2.21. The molecular weight excluding hydrogens is 312 g/mol. The molecule has 1 aliphatic rings. The van der Waals surface area contributed by atoms with Crippen LogP contribution < -0.4 is 0 Å². The maximum Gasteiger partial charge on any atom is 0.334 e. The van der Waals surface area contributed by atoms with Crippen molar-refractivity contribution in [1.82, 2.24) is 0 Å². The van der Waals surface area contributed by atoms with Crippen molar-refractivity contribution in [3.05, 3.63) is 59.4 Å². The second-order valence-corrected chi connectivity index (χ2v) is 5.76. The molecule has 23 heavy (non-hydrogen) atoms. The van der Waals surface area contributed by atoms with E-state index in [1.807, 2.05) is 25.2 Å². The fourth-order valence-corrected chi connectivity index (χ4v) is 2.13. The van der Waals surface area contributed by atoms with E-state index in [0.717, 1.165) is 18.4 Å². The molecule has 0 aromatic rings. The van der Waals surface area contributed by atoms with Crippen molar-refractivity contribution in [3.8, 4) is 0 Å². The van der Waals surface area contributed by atoms with E-state index in [-0.39, 0.29) is 12.1 Å². The van der Waals surface area contributed by atoms with Crippen LogP contribution in [0, 0.1) is 5.92 Å². The van der Waals surface area contributed by atoms with Gasteiger partial charge in [-0.3, -0.25) is 0 Å². The first-order valence-electron chi connectivity index (χ1n) is 7.78.